The second-order valence-corrected chi connectivity index (χ2v) is 5.07. The van der Waals surface area contributed by atoms with Crippen molar-refractivity contribution in [2.24, 2.45) is 0 Å². The number of aromatic amines is 1. The number of carbonyl (C=O) groups is 1. The van der Waals surface area contributed by atoms with Crippen molar-refractivity contribution in [3.05, 3.63) is 56.1 Å². The van der Waals surface area contributed by atoms with E-state index in [-0.39, 0.29) is 22.1 Å². The van der Waals surface area contributed by atoms with Gasteiger partial charge in [0.1, 0.15) is 11.5 Å². The molecule has 0 unspecified atom stereocenters. The van der Waals surface area contributed by atoms with E-state index in [1.807, 2.05) is 0 Å². The first-order chi connectivity index (χ1) is 10.3. The lowest BCUT2D eigenvalue weighted by atomic mass is 10.1. The third-order valence-electron chi connectivity index (χ3n) is 3.09. The van der Waals surface area contributed by atoms with Crippen molar-refractivity contribution in [3.63, 3.8) is 0 Å². The molecule has 0 saturated carbocycles. The molecule has 1 aromatic carbocycles. The van der Waals surface area contributed by atoms with E-state index in [2.05, 4.69) is 15.5 Å². The van der Waals surface area contributed by atoms with Crippen molar-refractivity contribution in [3.8, 4) is 0 Å². The Labute approximate surface area is 129 Å². The van der Waals surface area contributed by atoms with Crippen molar-refractivity contribution in [2.75, 3.05) is 0 Å². The fourth-order valence-corrected chi connectivity index (χ4v) is 2.33. The topological polar surface area (TPSA) is 101 Å². The first-order valence-electron chi connectivity index (χ1n) is 6.26. The van der Waals surface area contributed by atoms with Crippen molar-refractivity contribution >= 4 is 23.2 Å². The van der Waals surface area contributed by atoms with Crippen molar-refractivity contribution in [1.82, 2.24) is 15.5 Å². The van der Waals surface area contributed by atoms with Crippen LogP contribution in [0.1, 0.15) is 34.7 Å². The Balaban J connectivity index is 2.23. The zero-order valence-electron chi connectivity index (χ0n) is 11.7. The summed E-state index contributed by atoms with van der Waals surface area (Å²) in [7, 11) is 0. The fraction of sp³-hybridized carbons (Fsp3) is 0.231. The Morgan fingerprint density at radius 2 is 2.23 bits per heavy atom. The van der Waals surface area contributed by atoms with Gasteiger partial charge in [0, 0.05) is 5.02 Å². The second kappa shape index (κ2) is 6.10. The standard InChI is InChI=1S/C13H12ClFN4O3/c1-6(9-4-3-8(15)5-10(9)14)16-13(20)11-12(19(21)22)7(2)17-18-11/h3-6H,1-2H3,(H,16,20)(H,17,18)/t6-/m1/s1. The molecule has 0 radical (unpaired) electrons. The SMILES string of the molecule is Cc1[nH]nc(C(=O)N[C@H](C)c2ccc(F)cc2Cl)c1[N+](=O)[O-]. The summed E-state index contributed by atoms with van der Waals surface area (Å²) in [6, 6.07) is 3.20. The third-order valence-corrected chi connectivity index (χ3v) is 3.42. The summed E-state index contributed by atoms with van der Waals surface area (Å²) in [6.07, 6.45) is 0. The van der Waals surface area contributed by atoms with Crippen LogP contribution in [0.25, 0.3) is 0 Å². The van der Waals surface area contributed by atoms with Crippen LogP contribution in [-0.4, -0.2) is 21.0 Å². The van der Waals surface area contributed by atoms with E-state index in [4.69, 9.17) is 11.6 Å². The van der Waals surface area contributed by atoms with Gasteiger partial charge in [-0.3, -0.25) is 20.0 Å². The van der Waals surface area contributed by atoms with Gasteiger partial charge in [0.25, 0.3) is 5.91 Å². The van der Waals surface area contributed by atoms with E-state index in [0.717, 1.165) is 6.07 Å². The van der Waals surface area contributed by atoms with E-state index in [9.17, 15) is 19.3 Å². The van der Waals surface area contributed by atoms with Gasteiger partial charge in [-0.25, -0.2) is 4.39 Å². The quantitative estimate of drug-likeness (QED) is 0.666. The molecule has 2 N–H and O–H groups in total. The summed E-state index contributed by atoms with van der Waals surface area (Å²) in [5.74, 6) is -1.21. The van der Waals surface area contributed by atoms with Crippen molar-refractivity contribution in [2.45, 2.75) is 19.9 Å². The van der Waals surface area contributed by atoms with Gasteiger partial charge in [0.05, 0.1) is 11.0 Å². The smallest absolute Gasteiger partial charge is 0.322 e. The lowest BCUT2D eigenvalue weighted by Crippen LogP contribution is -2.27. The Bertz CT molecular complexity index is 747. The highest BCUT2D eigenvalue weighted by Crippen LogP contribution is 2.25. The van der Waals surface area contributed by atoms with Gasteiger partial charge < -0.3 is 5.32 Å². The average Bonchev–Trinajstić information content (AvgIpc) is 2.80. The number of hydrogen-bond acceptors (Lipinski definition) is 4. The molecule has 0 aliphatic rings. The molecule has 0 saturated heterocycles. The molecule has 0 fully saturated rings. The van der Waals surface area contributed by atoms with E-state index >= 15 is 0 Å². The third kappa shape index (κ3) is 3.06. The molecule has 0 bridgehead atoms. The van der Waals surface area contributed by atoms with Crippen LogP contribution in [-0.2, 0) is 0 Å². The maximum atomic E-state index is 13.0. The number of benzene rings is 1. The van der Waals surface area contributed by atoms with Crippen LogP contribution < -0.4 is 5.32 Å². The first kappa shape index (κ1) is 15.9. The number of nitrogens with zero attached hydrogens (tertiary/aromatic N) is 2. The van der Waals surface area contributed by atoms with Crippen molar-refractivity contribution in [1.29, 1.82) is 0 Å². The molecule has 1 heterocycles. The molecule has 1 amide bonds. The van der Waals surface area contributed by atoms with Crippen LogP contribution in [0, 0.1) is 22.9 Å². The zero-order chi connectivity index (χ0) is 16.4. The number of hydrogen-bond donors (Lipinski definition) is 2. The molecule has 7 nitrogen and oxygen atoms in total. The summed E-state index contributed by atoms with van der Waals surface area (Å²) >= 11 is 5.92. The summed E-state index contributed by atoms with van der Waals surface area (Å²) < 4.78 is 13.0. The molecule has 9 heteroatoms. The first-order valence-corrected chi connectivity index (χ1v) is 6.64. The van der Waals surface area contributed by atoms with Gasteiger partial charge in [0.15, 0.2) is 0 Å². The van der Waals surface area contributed by atoms with Crippen LogP contribution >= 0.6 is 11.6 Å². The molecule has 1 aromatic heterocycles. The minimum Gasteiger partial charge on any atom is -0.344 e. The minimum absolute atomic E-state index is 0.153. The van der Waals surface area contributed by atoms with Gasteiger partial charge >= 0.3 is 5.69 Å². The lowest BCUT2D eigenvalue weighted by Gasteiger charge is -2.14. The van der Waals surface area contributed by atoms with Crippen LogP contribution in [0.5, 0.6) is 0 Å². The number of amides is 1. The van der Waals surface area contributed by atoms with Gasteiger partial charge in [-0.1, -0.05) is 17.7 Å². The van der Waals surface area contributed by atoms with E-state index in [0.29, 0.717) is 5.56 Å². The van der Waals surface area contributed by atoms with E-state index in [1.165, 1.54) is 19.1 Å². The van der Waals surface area contributed by atoms with Crippen molar-refractivity contribution < 1.29 is 14.1 Å². The van der Waals surface area contributed by atoms with Crippen LogP contribution in [0.3, 0.4) is 0 Å². The molecular weight excluding hydrogens is 315 g/mol. The molecule has 22 heavy (non-hydrogen) atoms. The number of H-pyrrole nitrogens is 1. The predicted octanol–water partition coefficient (Wildman–Crippen LogP) is 2.91. The summed E-state index contributed by atoms with van der Waals surface area (Å²) in [5, 5.41) is 19.7. The fourth-order valence-electron chi connectivity index (χ4n) is 2.00. The molecule has 2 aromatic rings. The Morgan fingerprint density at radius 3 is 2.82 bits per heavy atom. The van der Waals surface area contributed by atoms with E-state index in [1.54, 1.807) is 6.92 Å². The minimum atomic E-state index is -0.719. The highest BCUT2D eigenvalue weighted by atomic mass is 35.5. The number of nitrogens with one attached hydrogen (secondary N) is 2. The Kier molecular flexibility index (Phi) is 4.41. The lowest BCUT2D eigenvalue weighted by molar-refractivity contribution is -0.385. The highest BCUT2D eigenvalue weighted by molar-refractivity contribution is 6.31. The number of aromatic nitrogens is 2. The highest BCUT2D eigenvalue weighted by Gasteiger charge is 2.28. The molecule has 0 aliphatic carbocycles. The molecule has 0 spiro atoms. The maximum Gasteiger partial charge on any atom is 0.322 e. The van der Waals surface area contributed by atoms with Gasteiger partial charge in [-0.2, -0.15) is 5.10 Å². The number of nitro groups is 1. The van der Waals surface area contributed by atoms with Crippen LogP contribution in [0.2, 0.25) is 5.02 Å². The zero-order valence-corrected chi connectivity index (χ0v) is 12.4. The summed E-state index contributed by atoms with van der Waals surface area (Å²) in [6.45, 7) is 3.07. The molecular formula is C13H12ClFN4O3. The summed E-state index contributed by atoms with van der Waals surface area (Å²) in [4.78, 5) is 22.4. The summed E-state index contributed by atoms with van der Waals surface area (Å²) in [5.41, 5.74) is -0.0172. The van der Waals surface area contributed by atoms with Crippen LogP contribution in [0.15, 0.2) is 18.2 Å². The maximum absolute atomic E-state index is 13.0. The number of halogens is 2. The van der Waals surface area contributed by atoms with Crippen LogP contribution in [0.4, 0.5) is 10.1 Å². The number of carbonyl (C=O) groups excluding carboxylic acids is 1. The van der Waals surface area contributed by atoms with Gasteiger partial charge in [-0.05, 0) is 31.5 Å². The normalized spacial score (nSPS) is 12.0. The molecule has 1 atom stereocenters. The Hall–Kier alpha value is -2.48. The van der Waals surface area contributed by atoms with Gasteiger partial charge in [-0.15, -0.1) is 0 Å². The van der Waals surface area contributed by atoms with E-state index < -0.39 is 22.7 Å². The molecule has 116 valence electrons. The van der Waals surface area contributed by atoms with Gasteiger partial charge in [0.2, 0.25) is 5.69 Å². The Morgan fingerprint density at radius 1 is 1.55 bits per heavy atom. The molecule has 0 aliphatic heterocycles. The molecule has 2 rings (SSSR count). The number of aryl methyl sites for hydroxylation is 1. The number of rotatable bonds is 4. The predicted molar refractivity (Wildman–Crippen MR) is 77.3 cm³/mol. The largest absolute Gasteiger partial charge is 0.344 e. The second-order valence-electron chi connectivity index (χ2n) is 4.66. The average molecular weight is 327 g/mol. The monoisotopic (exact) mass is 326 g/mol.